The second-order valence-corrected chi connectivity index (χ2v) is 8.11. The van der Waals surface area contributed by atoms with Crippen LogP contribution in [-0.4, -0.2) is 17.9 Å². The lowest BCUT2D eigenvalue weighted by Gasteiger charge is -2.23. The van der Waals surface area contributed by atoms with E-state index in [1.54, 1.807) is 0 Å². The van der Waals surface area contributed by atoms with E-state index < -0.39 is 0 Å². The molecule has 0 spiro atoms. The molecule has 2 unspecified atom stereocenters. The van der Waals surface area contributed by atoms with Gasteiger partial charge in [-0.15, -0.1) is 0 Å². The number of nitrogens with one attached hydrogen (secondary N) is 1. The van der Waals surface area contributed by atoms with Gasteiger partial charge in [0, 0.05) is 22.6 Å². The van der Waals surface area contributed by atoms with Crippen LogP contribution in [0, 0.1) is 0 Å². The summed E-state index contributed by atoms with van der Waals surface area (Å²) < 4.78 is 6.28. The van der Waals surface area contributed by atoms with Crippen molar-refractivity contribution in [2.75, 3.05) is 0 Å². The van der Waals surface area contributed by atoms with Gasteiger partial charge in [-0.2, -0.15) is 0 Å². The molecule has 2 aliphatic heterocycles. The van der Waals surface area contributed by atoms with E-state index in [2.05, 4.69) is 59.9 Å². The predicted octanol–water partition coefficient (Wildman–Crippen LogP) is 4.66. The van der Waals surface area contributed by atoms with Gasteiger partial charge in [-0.3, -0.25) is 14.9 Å². The standard InChI is InChI=1S/C27H19NO3/c29-25-15-19-13-12-18(14-23(19)27(30)28-25)16-8-10-17(11-9-16)20-5-3-6-22-21-4-1-2-7-24(21)31-26(20)22/h1-14,22,26H,15H2,(H,28,29,30). The van der Waals surface area contributed by atoms with Gasteiger partial charge in [0.05, 0.1) is 6.42 Å². The lowest BCUT2D eigenvalue weighted by atomic mass is 9.84. The second-order valence-electron chi connectivity index (χ2n) is 8.11. The van der Waals surface area contributed by atoms with Gasteiger partial charge >= 0.3 is 0 Å². The zero-order valence-electron chi connectivity index (χ0n) is 16.7. The summed E-state index contributed by atoms with van der Waals surface area (Å²) in [5.74, 6) is 0.613. The molecule has 0 fully saturated rings. The van der Waals surface area contributed by atoms with Crippen LogP contribution in [0.4, 0.5) is 0 Å². The molecule has 1 aliphatic carbocycles. The first-order valence-corrected chi connectivity index (χ1v) is 10.4. The lowest BCUT2D eigenvalue weighted by Crippen LogP contribution is -2.37. The van der Waals surface area contributed by atoms with E-state index in [0.29, 0.717) is 5.56 Å². The maximum atomic E-state index is 12.2. The van der Waals surface area contributed by atoms with Gasteiger partial charge in [0.1, 0.15) is 11.9 Å². The van der Waals surface area contributed by atoms with Gasteiger partial charge in [-0.05, 0) is 34.4 Å². The summed E-state index contributed by atoms with van der Waals surface area (Å²) in [5, 5.41) is 2.39. The summed E-state index contributed by atoms with van der Waals surface area (Å²) in [5.41, 5.74) is 6.84. The van der Waals surface area contributed by atoms with Crippen molar-refractivity contribution in [1.29, 1.82) is 0 Å². The Morgan fingerprint density at radius 2 is 1.65 bits per heavy atom. The van der Waals surface area contributed by atoms with Crippen LogP contribution in [-0.2, 0) is 11.2 Å². The summed E-state index contributed by atoms with van der Waals surface area (Å²) in [6, 6.07) is 22.3. The number of hydrogen-bond donors (Lipinski definition) is 1. The normalized spacial score (nSPS) is 20.8. The molecule has 4 heteroatoms. The molecule has 0 saturated heterocycles. The molecule has 6 rings (SSSR count). The number of rotatable bonds is 2. The van der Waals surface area contributed by atoms with Crippen molar-refractivity contribution in [1.82, 2.24) is 5.32 Å². The van der Waals surface area contributed by atoms with Crippen LogP contribution >= 0.6 is 0 Å². The highest BCUT2D eigenvalue weighted by molar-refractivity contribution is 6.10. The third-order valence-corrected chi connectivity index (χ3v) is 6.27. The molecule has 150 valence electrons. The van der Waals surface area contributed by atoms with Crippen LogP contribution in [0.3, 0.4) is 0 Å². The van der Waals surface area contributed by atoms with Crippen molar-refractivity contribution in [3.05, 3.63) is 107 Å². The topological polar surface area (TPSA) is 55.4 Å². The van der Waals surface area contributed by atoms with E-state index in [-0.39, 0.29) is 30.3 Å². The van der Waals surface area contributed by atoms with Crippen LogP contribution in [0.15, 0.2) is 85.0 Å². The highest BCUT2D eigenvalue weighted by Crippen LogP contribution is 2.45. The Kier molecular flexibility index (Phi) is 3.93. The molecule has 0 radical (unpaired) electrons. The van der Waals surface area contributed by atoms with Crippen molar-refractivity contribution >= 4 is 17.4 Å². The van der Waals surface area contributed by atoms with Crippen molar-refractivity contribution < 1.29 is 14.3 Å². The Morgan fingerprint density at radius 3 is 2.52 bits per heavy atom. The third-order valence-electron chi connectivity index (χ3n) is 6.27. The number of carbonyl (C=O) groups excluding carboxylic acids is 2. The molecule has 2 atom stereocenters. The Morgan fingerprint density at radius 1 is 0.871 bits per heavy atom. The van der Waals surface area contributed by atoms with Crippen LogP contribution < -0.4 is 10.1 Å². The first kappa shape index (κ1) is 17.9. The smallest absolute Gasteiger partial charge is 0.258 e. The maximum absolute atomic E-state index is 12.2. The summed E-state index contributed by atoms with van der Waals surface area (Å²) in [6.45, 7) is 0. The number of imide groups is 1. The molecule has 3 aromatic carbocycles. The highest BCUT2D eigenvalue weighted by Gasteiger charge is 2.36. The van der Waals surface area contributed by atoms with Gasteiger partial charge in [0.25, 0.3) is 5.91 Å². The van der Waals surface area contributed by atoms with Gasteiger partial charge in [-0.1, -0.05) is 72.8 Å². The zero-order valence-corrected chi connectivity index (χ0v) is 16.7. The van der Waals surface area contributed by atoms with Crippen LogP contribution in [0.2, 0.25) is 0 Å². The third kappa shape index (κ3) is 2.91. The zero-order chi connectivity index (χ0) is 20.9. The minimum absolute atomic E-state index is 0.0155. The van der Waals surface area contributed by atoms with Crippen LogP contribution in [0.1, 0.15) is 33.0 Å². The fourth-order valence-electron chi connectivity index (χ4n) is 4.72. The summed E-state index contributed by atoms with van der Waals surface area (Å²) >= 11 is 0. The van der Waals surface area contributed by atoms with Gasteiger partial charge in [0.2, 0.25) is 5.91 Å². The fraction of sp³-hybridized carbons (Fsp3) is 0.111. The number of para-hydroxylation sites is 1. The number of benzene rings is 3. The largest absolute Gasteiger partial charge is 0.484 e. The lowest BCUT2D eigenvalue weighted by molar-refractivity contribution is -0.119. The number of hydrogen-bond acceptors (Lipinski definition) is 3. The number of ether oxygens (including phenoxy) is 1. The van der Waals surface area contributed by atoms with Gasteiger partial charge < -0.3 is 4.74 Å². The Hall–Kier alpha value is -3.92. The Labute approximate surface area is 179 Å². The maximum Gasteiger partial charge on any atom is 0.258 e. The van der Waals surface area contributed by atoms with Crippen molar-refractivity contribution in [3.8, 4) is 16.9 Å². The second kappa shape index (κ2) is 6.81. The molecular formula is C27H19NO3. The number of allylic oxidation sites excluding steroid dienone is 2. The van der Waals surface area contributed by atoms with Gasteiger partial charge in [0.15, 0.2) is 0 Å². The van der Waals surface area contributed by atoms with E-state index >= 15 is 0 Å². The molecule has 31 heavy (non-hydrogen) atoms. The molecule has 3 aromatic rings. The molecule has 2 amide bonds. The Balaban J connectivity index is 1.30. The SMILES string of the molecule is O=C1Cc2ccc(-c3ccc(C4=CC=CC5c6ccccc6OC45)cc3)cc2C(=O)N1. The summed E-state index contributed by atoms with van der Waals surface area (Å²) in [7, 11) is 0. The minimum Gasteiger partial charge on any atom is -0.484 e. The molecule has 3 aliphatic rings. The van der Waals surface area contributed by atoms with E-state index in [1.165, 1.54) is 11.1 Å². The molecule has 2 heterocycles. The average molecular weight is 405 g/mol. The first-order chi connectivity index (χ1) is 15.2. The monoisotopic (exact) mass is 405 g/mol. The molecule has 4 nitrogen and oxygen atoms in total. The highest BCUT2D eigenvalue weighted by atomic mass is 16.5. The Bertz CT molecular complexity index is 1300. The van der Waals surface area contributed by atoms with Crippen LogP contribution in [0.5, 0.6) is 5.75 Å². The number of carbonyl (C=O) groups is 2. The molecule has 0 bridgehead atoms. The van der Waals surface area contributed by atoms with Crippen molar-refractivity contribution in [2.45, 2.75) is 18.4 Å². The van der Waals surface area contributed by atoms with Gasteiger partial charge in [-0.25, -0.2) is 0 Å². The van der Waals surface area contributed by atoms with Crippen molar-refractivity contribution in [2.24, 2.45) is 0 Å². The average Bonchev–Trinajstić information content (AvgIpc) is 3.18. The summed E-state index contributed by atoms with van der Waals surface area (Å²) in [6.07, 6.45) is 6.67. The molecule has 0 aromatic heterocycles. The van der Waals surface area contributed by atoms with E-state index in [9.17, 15) is 9.59 Å². The number of amides is 2. The van der Waals surface area contributed by atoms with Crippen LogP contribution in [0.25, 0.3) is 16.7 Å². The number of fused-ring (bicyclic) bond motifs is 4. The molecular weight excluding hydrogens is 386 g/mol. The first-order valence-electron chi connectivity index (χ1n) is 10.4. The summed E-state index contributed by atoms with van der Waals surface area (Å²) in [4.78, 5) is 23.8. The van der Waals surface area contributed by atoms with E-state index in [4.69, 9.17) is 4.74 Å². The molecule has 0 saturated carbocycles. The fourth-order valence-corrected chi connectivity index (χ4v) is 4.72. The predicted molar refractivity (Wildman–Crippen MR) is 119 cm³/mol. The quantitative estimate of drug-likeness (QED) is 0.631. The van der Waals surface area contributed by atoms with E-state index in [0.717, 1.165) is 28.0 Å². The minimum atomic E-state index is -0.326. The van der Waals surface area contributed by atoms with E-state index in [1.807, 2.05) is 30.3 Å². The molecule has 1 N–H and O–H groups in total. The van der Waals surface area contributed by atoms with Crippen molar-refractivity contribution in [3.63, 3.8) is 0 Å².